The second-order valence-electron chi connectivity index (χ2n) is 12.9. The largest absolute Gasteiger partial charge is 1.00 e. The van der Waals surface area contributed by atoms with Crippen molar-refractivity contribution in [1.29, 1.82) is 0 Å². The molecular weight excluding hydrogens is 959 g/mol. The molecule has 6 rings (SSSR count). The molecule has 0 radical (unpaired) electrons. The van der Waals surface area contributed by atoms with Gasteiger partial charge in [0, 0.05) is 11.5 Å². The van der Waals surface area contributed by atoms with Crippen LogP contribution in [-0.2, 0) is 40.3 Å². The molecule has 5 N–H and O–H groups in total. The SMILES string of the molecule is C/C(=N\O)C(c1ccccc1)S(=O)(=O)c1ccccc1.CC(=O)C(Cl)c1ccccc1.CC(=O)C(c1ccccc1)S(=O)(=O)c1ccccc1.CCO.Cl.NO.O=S([O-])c1ccccc1.[Na+]. The van der Waals surface area contributed by atoms with Crippen molar-refractivity contribution in [3.63, 3.8) is 0 Å². The number of ketones is 2. The van der Waals surface area contributed by atoms with Gasteiger partial charge in [-0.3, -0.25) is 13.8 Å². The van der Waals surface area contributed by atoms with Crippen LogP contribution in [0, 0.1) is 0 Å². The normalized spacial score (nSPS) is 12.2. The van der Waals surface area contributed by atoms with Crippen LogP contribution in [0.4, 0.5) is 0 Å². The third-order valence-corrected chi connectivity index (χ3v) is 13.8. The van der Waals surface area contributed by atoms with Crippen LogP contribution >= 0.6 is 24.0 Å². The third kappa shape index (κ3) is 21.5. The number of alkyl halides is 1. The van der Waals surface area contributed by atoms with Gasteiger partial charge in [-0.15, -0.1) is 24.0 Å². The summed E-state index contributed by atoms with van der Waals surface area (Å²) in [6.45, 7) is 6.22. The number of carbonyl (C=O) groups is 2. The monoisotopic (exact) mass is 1010 g/mol. The number of oxime groups is 1. The number of aliphatic hydroxyl groups is 1. The fourth-order valence-electron chi connectivity index (χ4n) is 5.47. The van der Waals surface area contributed by atoms with Gasteiger partial charge in [0.25, 0.3) is 0 Å². The molecule has 0 aliphatic heterocycles. The molecule has 6 aromatic rings. The van der Waals surface area contributed by atoms with Gasteiger partial charge in [0.1, 0.15) is 15.9 Å². The number of nitrogens with two attached hydrogens (primary N) is 1. The fourth-order valence-corrected chi connectivity index (χ4v) is 9.57. The average molecular weight is 1010 g/mol. The summed E-state index contributed by atoms with van der Waals surface area (Å²) in [7, 11) is -7.36. The summed E-state index contributed by atoms with van der Waals surface area (Å²) >= 11 is 3.71. The van der Waals surface area contributed by atoms with Gasteiger partial charge in [-0.25, -0.2) is 22.7 Å². The molecule has 6 aromatic carbocycles. The molecule has 13 nitrogen and oxygen atoms in total. The molecule has 66 heavy (non-hydrogen) atoms. The summed E-state index contributed by atoms with van der Waals surface area (Å²) in [6, 6.07) is 51.1. The van der Waals surface area contributed by atoms with Crippen molar-refractivity contribution in [3.8, 4) is 0 Å². The van der Waals surface area contributed by atoms with Crippen LogP contribution in [0.3, 0.4) is 0 Å². The molecule has 350 valence electrons. The van der Waals surface area contributed by atoms with E-state index in [1.54, 1.807) is 134 Å². The molecule has 0 saturated carbocycles. The van der Waals surface area contributed by atoms with Gasteiger partial charge in [0.05, 0.1) is 15.5 Å². The Morgan fingerprint density at radius 3 is 1.14 bits per heavy atom. The van der Waals surface area contributed by atoms with Crippen LogP contribution in [0.25, 0.3) is 0 Å². The number of Topliss-reactive ketones (excluding diaryl/α,β-unsaturated/α-hetero) is 2. The number of benzene rings is 6. The Hall–Kier alpha value is -4.40. The Bertz CT molecular complexity index is 2520. The molecule has 0 saturated heterocycles. The third-order valence-electron chi connectivity index (χ3n) is 8.26. The molecule has 4 atom stereocenters. The van der Waals surface area contributed by atoms with E-state index < -0.39 is 46.6 Å². The van der Waals surface area contributed by atoms with Gasteiger partial charge in [-0.1, -0.05) is 151 Å². The smallest absolute Gasteiger partial charge is 0.768 e. The zero-order valence-corrected chi connectivity index (χ0v) is 42.9. The first-order valence-electron chi connectivity index (χ1n) is 19.1. The second kappa shape index (κ2) is 34.8. The van der Waals surface area contributed by atoms with E-state index in [4.69, 9.17) is 27.1 Å². The van der Waals surface area contributed by atoms with E-state index in [2.05, 4.69) is 11.1 Å². The van der Waals surface area contributed by atoms with Gasteiger partial charge < -0.3 is 20.1 Å². The van der Waals surface area contributed by atoms with Crippen LogP contribution < -0.4 is 35.5 Å². The zero-order valence-electron chi connectivity index (χ0n) is 36.9. The maximum Gasteiger partial charge on any atom is 1.00 e. The Morgan fingerprint density at radius 1 is 0.591 bits per heavy atom. The first-order valence-corrected chi connectivity index (χ1v) is 23.7. The van der Waals surface area contributed by atoms with Gasteiger partial charge in [-0.2, -0.15) is 0 Å². The van der Waals surface area contributed by atoms with Crippen molar-refractivity contribution in [3.05, 3.63) is 199 Å². The molecule has 19 heteroatoms. The molecule has 0 amide bonds. The van der Waals surface area contributed by atoms with Crippen LogP contribution in [-0.4, -0.2) is 65.0 Å². The van der Waals surface area contributed by atoms with E-state index in [1.165, 1.54) is 45.0 Å². The van der Waals surface area contributed by atoms with Crippen molar-refractivity contribution < 1.29 is 80.3 Å². The Morgan fingerprint density at radius 2 is 0.864 bits per heavy atom. The number of carbonyl (C=O) groups excluding carboxylic acids is 2. The molecule has 0 fully saturated rings. The van der Waals surface area contributed by atoms with Crippen molar-refractivity contribution in [1.82, 2.24) is 0 Å². The molecule has 0 bridgehead atoms. The average Bonchev–Trinajstić information content (AvgIpc) is 3.32. The maximum absolute atomic E-state index is 12.7. The van der Waals surface area contributed by atoms with E-state index in [0.717, 1.165) is 5.56 Å². The zero-order chi connectivity index (χ0) is 48.1. The molecule has 0 aromatic heterocycles. The van der Waals surface area contributed by atoms with Crippen molar-refractivity contribution in [2.24, 2.45) is 11.1 Å². The van der Waals surface area contributed by atoms with Gasteiger partial charge in [0.2, 0.25) is 0 Å². The molecule has 0 aliphatic rings. The van der Waals surface area contributed by atoms with E-state index >= 15 is 0 Å². The topological polar surface area (TPSA) is 242 Å². The quantitative estimate of drug-likeness (QED) is 0.0288. The number of nitrogens with zero attached hydrogens (tertiary/aromatic N) is 1. The van der Waals surface area contributed by atoms with Crippen LogP contribution in [0.2, 0.25) is 0 Å². The molecule has 4 unspecified atom stereocenters. The van der Waals surface area contributed by atoms with Gasteiger partial charge >= 0.3 is 29.6 Å². The predicted molar refractivity (Wildman–Crippen MR) is 257 cm³/mol. The summed E-state index contributed by atoms with van der Waals surface area (Å²) in [5, 5.41) is 23.5. The number of hydrogen-bond donors (Lipinski definition) is 4. The van der Waals surface area contributed by atoms with Gasteiger partial charge in [0.15, 0.2) is 31.2 Å². The number of rotatable bonds is 11. The van der Waals surface area contributed by atoms with Crippen molar-refractivity contribution >= 4 is 72.0 Å². The maximum atomic E-state index is 12.7. The fraction of sp³-hybridized carbons (Fsp3) is 0.170. The minimum absolute atomic E-state index is 0. The Labute approximate surface area is 423 Å². The summed E-state index contributed by atoms with van der Waals surface area (Å²) in [5.74, 6) is 3.10. The number of halogens is 2. The summed E-state index contributed by atoms with van der Waals surface area (Å²) in [4.78, 5) is 23.3. The predicted octanol–water partition coefficient (Wildman–Crippen LogP) is 6.08. The second-order valence-corrected chi connectivity index (χ2v) is 18.3. The van der Waals surface area contributed by atoms with E-state index in [0.29, 0.717) is 16.0 Å². The molecule has 0 spiro atoms. The van der Waals surface area contributed by atoms with Gasteiger partial charge in [-0.05, 0) is 91.9 Å². The minimum atomic E-state index is -3.70. The van der Waals surface area contributed by atoms with E-state index in [-0.39, 0.29) is 75.6 Å². The number of sulfone groups is 2. The first-order chi connectivity index (χ1) is 30.5. The Kier molecular flexibility index (Phi) is 33.6. The molecular formula is C47H53Cl2N2NaO11S3. The van der Waals surface area contributed by atoms with Crippen molar-refractivity contribution in [2.75, 3.05) is 6.61 Å². The Balaban J connectivity index is 0. The number of hydrogen-bond acceptors (Lipinski definition) is 13. The van der Waals surface area contributed by atoms with Crippen LogP contribution in [0.15, 0.2) is 202 Å². The summed E-state index contributed by atoms with van der Waals surface area (Å²) in [6.07, 6.45) is 0. The summed E-state index contributed by atoms with van der Waals surface area (Å²) in [5.41, 5.74) is 2.08. The molecule has 0 aliphatic carbocycles. The summed E-state index contributed by atoms with van der Waals surface area (Å²) < 4.78 is 71.0. The minimum Gasteiger partial charge on any atom is -0.768 e. The van der Waals surface area contributed by atoms with Crippen molar-refractivity contribution in [2.45, 2.75) is 58.3 Å². The standard InChI is InChI=1S/C15H15NO3S.C15H14O3S.C9H9ClO.C6H6O2S.C2H6O.ClH.H3NO.Na/c1-12(16-17)15(13-8-4-2-5-9-13)20(18,19)14-10-6-3-7-11-14;1-12(16)15(13-8-4-2-5-9-13)19(17,18)14-10-6-3-7-11-14;1-7(11)9(10)8-5-3-2-4-6-8;7-9(8)6-4-2-1-3-5-6;1-2-3;;1-2;/h2-11,15,17H,1H3;2-11,15H,1H3;2-6,9H,1H3;1-5H,(H,7,8);3H,2H2,1H3;1H;2H,1H2;/q;;;;;;;+1/p-1/b16-12+;;;;;;;. The van der Waals surface area contributed by atoms with E-state index in [1.807, 2.05) is 30.3 Å². The molecule has 0 heterocycles. The first kappa shape index (κ1) is 63.7. The van der Waals surface area contributed by atoms with Crippen LogP contribution in [0.1, 0.15) is 60.3 Å². The van der Waals surface area contributed by atoms with Crippen LogP contribution in [0.5, 0.6) is 0 Å². The van der Waals surface area contributed by atoms with E-state index in [9.17, 15) is 35.2 Å². The number of aliphatic hydroxyl groups excluding tert-OH is 1.